The molecular weight excluding hydrogens is 376 g/mol. The number of phenolic OH excluding ortho intramolecular Hbond substituents is 1. The Hall–Kier alpha value is -2.05. The molecule has 0 bridgehead atoms. The SMILES string of the molecule is O=C(/C=C/c1ccc(O)cc1)OC[C@H](CO)O[C@@H]1O[C@H](CO)[C@@H](O)[C@H](O)[C@H]1O. The summed E-state index contributed by atoms with van der Waals surface area (Å²) >= 11 is 0. The third-order valence-electron chi connectivity index (χ3n) is 4.10. The Bertz CT molecular complexity index is 644. The number of aliphatic hydroxyl groups excluding tert-OH is 5. The molecule has 0 spiro atoms. The van der Waals surface area contributed by atoms with Crippen molar-refractivity contribution in [2.45, 2.75) is 36.8 Å². The first kappa shape index (κ1) is 22.2. The van der Waals surface area contributed by atoms with E-state index in [4.69, 9.17) is 19.3 Å². The molecule has 0 aromatic heterocycles. The summed E-state index contributed by atoms with van der Waals surface area (Å²) in [5.41, 5.74) is 0.658. The number of esters is 1. The highest BCUT2D eigenvalue weighted by molar-refractivity contribution is 5.87. The molecule has 1 aliphatic heterocycles. The van der Waals surface area contributed by atoms with E-state index in [0.29, 0.717) is 5.56 Å². The zero-order valence-corrected chi connectivity index (χ0v) is 14.9. The maximum absolute atomic E-state index is 11.8. The Labute approximate surface area is 160 Å². The van der Waals surface area contributed by atoms with Crippen LogP contribution in [0.25, 0.3) is 6.08 Å². The highest BCUT2D eigenvalue weighted by Crippen LogP contribution is 2.23. The van der Waals surface area contributed by atoms with Crippen molar-refractivity contribution >= 4 is 12.0 Å². The zero-order valence-electron chi connectivity index (χ0n) is 14.9. The summed E-state index contributed by atoms with van der Waals surface area (Å²) in [6.45, 7) is -1.57. The number of carbonyl (C=O) groups excluding carboxylic acids is 1. The molecule has 0 unspecified atom stereocenters. The highest BCUT2D eigenvalue weighted by Gasteiger charge is 2.44. The average Bonchev–Trinajstić information content (AvgIpc) is 2.70. The molecule has 10 nitrogen and oxygen atoms in total. The molecule has 1 heterocycles. The minimum absolute atomic E-state index is 0.0934. The smallest absolute Gasteiger partial charge is 0.330 e. The summed E-state index contributed by atoms with van der Waals surface area (Å²) in [5, 5.41) is 57.1. The van der Waals surface area contributed by atoms with Crippen molar-refractivity contribution in [1.82, 2.24) is 0 Å². The van der Waals surface area contributed by atoms with Crippen molar-refractivity contribution < 1.29 is 49.6 Å². The van der Waals surface area contributed by atoms with E-state index in [9.17, 15) is 30.3 Å². The van der Waals surface area contributed by atoms with Crippen LogP contribution >= 0.6 is 0 Å². The number of rotatable bonds is 8. The number of hydrogen-bond acceptors (Lipinski definition) is 10. The molecule has 6 atom stereocenters. The van der Waals surface area contributed by atoms with Crippen LogP contribution in [0.2, 0.25) is 0 Å². The van der Waals surface area contributed by atoms with Gasteiger partial charge in [0.1, 0.15) is 42.9 Å². The van der Waals surface area contributed by atoms with E-state index in [0.717, 1.165) is 6.08 Å². The van der Waals surface area contributed by atoms with Crippen LogP contribution in [0.5, 0.6) is 5.75 Å². The topological polar surface area (TPSA) is 166 Å². The van der Waals surface area contributed by atoms with E-state index < -0.39 is 56.0 Å². The third-order valence-corrected chi connectivity index (χ3v) is 4.10. The van der Waals surface area contributed by atoms with Crippen molar-refractivity contribution in [3.8, 4) is 5.75 Å². The zero-order chi connectivity index (χ0) is 20.7. The molecule has 0 amide bonds. The van der Waals surface area contributed by atoms with Crippen LogP contribution in [-0.2, 0) is 19.0 Å². The van der Waals surface area contributed by atoms with Gasteiger partial charge >= 0.3 is 5.97 Å². The summed E-state index contributed by atoms with van der Waals surface area (Å²) in [6.07, 6.45) is -5.84. The average molecular weight is 400 g/mol. The normalized spacial score (nSPS) is 29.0. The van der Waals surface area contributed by atoms with Gasteiger partial charge in [-0.1, -0.05) is 12.1 Å². The van der Waals surface area contributed by atoms with E-state index in [1.807, 2.05) is 0 Å². The molecule has 1 saturated heterocycles. The van der Waals surface area contributed by atoms with Gasteiger partial charge in [0.05, 0.1) is 13.2 Å². The molecule has 156 valence electrons. The fourth-order valence-electron chi connectivity index (χ4n) is 2.48. The number of hydrogen-bond donors (Lipinski definition) is 6. The van der Waals surface area contributed by atoms with Gasteiger partial charge in [0.15, 0.2) is 6.29 Å². The quantitative estimate of drug-likeness (QED) is 0.215. The van der Waals surface area contributed by atoms with Gasteiger partial charge in [-0.3, -0.25) is 0 Å². The Kier molecular flexibility index (Phi) is 8.33. The molecule has 28 heavy (non-hydrogen) atoms. The first-order valence-corrected chi connectivity index (χ1v) is 8.56. The van der Waals surface area contributed by atoms with Crippen LogP contribution in [-0.4, -0.2) is 93.2 Å². The second-order valence-corrected chi connectivity index (χ2v) is 6.19. The minimum Gasteiger partial charge on any atom is -0.508 e. The van der Waals surface area contributed by atoms with Gasteiger partial charge in [-0.15, -0.1) is 0 Å². The lowest BCUT2D eigenvalue weighted by molar-refractivity contribution is -0.315. The van der Waals surface area contributed by atoms with Gasteiger partial charge < -0.3 is 44.8 Å². The third kappa shape index (κ3) is 5.97. The van der Waals surface area contributed by atoms with E-state index in [1.165, 1.54) is 18.2 Å². The van der Waals surface area contributed by atoms with Crippen molar-refractivity contribution in [2.24, 2.45) is 0 Å². The van der Waals surface area contributed by atoms with Crippen LogP contribution in [0.4, 0.5) is 0 Å². The van der Waals surface area contributed by atoms with E-state index in [-0.39, 0.29) is 12.4 Å². The highest BCUT2D eigenvalue weighted by atomic mass is 16.7. The van der Waals surface area contributed by atoms with Gasteiger partial charge in [-0.05, 0) is 23.8 Å². The Balaban J connectivity index is 1.86. The van der Waals surface area contributed by atoms with Crippen LogP contribution in [0.1, 0.15) is 5.56 Å². The van der Waals surface area contributed by atoms with Crippen LogP contribution in [0.15, 0.2) is 30.3 Å². The van der Waals surface area contributed by atoms with Crippen LogP contribution < -0.4 is 0 Å². The first-order valence-electron chi connectivity index (χ1n) is 8.56. The molecular formula is C18H24O10. The predicted molar refractivity (Wildman–Crippen MR) is 93.8 cm³/mol. The summed E-state index contributed by atoms with van der Waals surface area (Å²) in [4.78, 5) is 11.8. The monoisotopic (exact) mass is 400 g/mol. The van der Waals surface area contributed by atoms with Crippen molar-refractivity contribution in [2.75, 3.05) is 19.8 Å². The molecule has 2 rings (SSSR count). The predicted octanol–water partition coefficient (Wildman–Crippen LogP) is -1.87. The van der Waals surface area contributed by atoms with Gasteiger partial charge in [-0.2, -0.15) is 0 Å². The number of aromatic hydroxyl groups is 1. The molecule has 10 heteroatoms. The summed E-state index contributed by atoms with van der Waals surface area (Å²) in [7, 11) is 0. The second-order valence-electron chi connectivity index (χ2n) is 6.19. The molecule has 0 radical (unpaired) electrons. The second kappa shape index (κ2) is 10.5. The number of carbonyl (C=O) groups is 1. The maximum atomic E-state index is 11.8. The number of phenols is 1. The fraction of sp³-hybridized carbons (Fsp3) is 0.500. The molecule has 0 aliphatic carbocycles. The summed E-state index contributed by atoms with van der Waals surface area (Å²) in [6, 6.07) is 6.11. The lowest BCUT2D eigenvalue weighted by atomic mass is 9.99. The molecule has 1 aromatic rings. The largest absolute Gasteiger partial charge is 0.508 e. The molecule has 6 N–H and O–H groups in total. The standard InChI is InChI=1S/C18H24O10/c19-7-12(27-18-17(25)16(24)15(23)13(8-20)28-18)9-26-14(22)6-3-10-1-4-11(21)5-2-10/h1-6,12-13,15-21,23-25H,7-9H2/b6-3+/t12-,13+,15+,16-,17+,18+/m0/s1. The summed E-state index contributed by atoms with van der Waals surface area (Å²) in [5.74, 6) is -0.625. The van der Waals surface area contributed by atoms with E-state index in [1.54, 1.807) is 12.1 Å². The van der Waals surface area contributed by atoms with Gasteiger partial charge in [0, 0.05) is 6.08 Å². The minimum atomic E-state index is -1.63. The van der Waals surface area contributed by atoms with Crippen molar-refractivity contribution in [1.29, 1.82) is 0 Å². The Morgan fingerprint density at radius 1 is 1.11 bits per heavy atom. The van der Waals surface area contributed by atoms with Gasteiger partial charge in [0.2, 0.25) is 0 Å². The van der Waals surface area contributed by atoms with Crippen molar-refractivity contribution in [3.05, 3.63) is 35.9 Å². The first-order chi connectivity index (χ1) is 13.3. The molecule has 1 aromatic carbocycles. The van der Waals surface area contributed by atoms with Gasteiger partial charge in [0.25, 0.3) is 0 Å². The number of aliphatic hydroxyl groups is 5. The van der Waals surface area contributed by atoms with Crippen molar-refractivity contribution in [3.63, 3.8) is 0 Å². The lowest BCUT2D eigenvalue weighted by Crippen LogP contribution is -2.60. The number of ether oxygens (including phenoxy) is 3. The van der Waals surface area contributed by atoms with Crippen LogP contribution in [0.3, 0.4) is 0 Å². The lowest BCUT2D eigenvalue weighted by Gasteiger charge is -2.40. The maximum Gasteiger partial charge on any atom is 0.330 e. The van der Waals surface area contributed by atoms with E-state index >= 15 is 0 Å². The van der Waals surface area contributed by atoms with Crippen LogP contribution in [0, 0.1) is 0 Å². The number of benzene rings is 1. The fourth-order valence-corrected chi connectivity index (χ4v) is 2.48. The Morgan fingerprint density at radius 2 is 1.79 bits per heavy atom. The molecule has 0 saturated carbocycles. The molecule has 1 aliphatic rings. The van der Waals surface area contributed by atoms with Gasteiger partial charge in [-0.25, -0.2) is 4.79 Å². The summed E-state index contributed by atoms with van der Waals surface area (Å²) < 4.78 is 15.4. The Morgan fingerprint density at radius 3 is 2.39 bits per heavy atom. The molecule has 1 fully saturated rings. The van der Waals surface area contributed by atoms with E-state index in [2.05, 4.69) is 0 Å².